The summed E-state index contributed by atoms with van der Waals surface area (Å²) in [6.07, 6.45) is 1.56. The summed E-state index contributed by atoms with van der Waals surface area (Å²) in [5, 5.41) is 6.98. The molecular weight excluding hydrogens is 268 g/mol. The Balaban J connectivity index is 2.39. The number of sulfone groups is 1. The number of ether oxygens (including phenoxy) is 1. The SMILES string of the molecule is COCCNCc1ncn(CCS(=O)(=O)C(C)C)n1. The van der Waals surface area contributed by atoms with Gasteiger partial charge in [-0.15, -0.1) is 0 Å². The summed E-state index contributed by atoms with van der Waals surface area (Å²) < 4.78 is 29.8. The van der Waals surface area contributed by atoms with Crippen molar-refractivity contribution in [3.05, 3.63) is 12.2 Å². The third-order valence-corrected chi connectivity index (χ3v) is 4.86. The number of nitrogens with zero attached hydrogens (tertiary/aromatic N) is 3. The summed E-state index contributed by atoms with van der Waals surface area (Å²) in [6, 6.07) is 0. The van der Waals surface area contributed by atoms with Crippen molar-refractivity contribution in [2.24, 2.45) is 0 Å². The molecule has 1 rings (SSSR count). The molecule has 0 bridgehead atoms. The van der Waals surface area contributed by atoms with Crippen molar-refractivity contribution in [2.45, 2.75) is 32.2 Å². The molecule has 1 aromatic rings. The zero-order chi connectivity index (χ0) is 14.3. The maximum atomic E-state index is 11.7. The molecule has 7 nitrogen and oxygen atoms in total. The van der Waals surface area contributed by atoms with Crippen LogP contribution in [0.3, 0.4) is 0 Å². The Hall–Kier alpha value is -0.990. The fourth-order valence-corrected chi connectivity index (χ4v) is 2.27. The van der Waals surface area contributed by atoms with Crippen LogP contribution in [-0.2, 0) is 27.7 Å². The Morgan fingerprint density at radius 2 is 2.21 bits per heavy atom. The molecule has 8 heteroatoms. The van der Waals surface area contributed by atoms with Gasteiger partial charge in [0.1, 0.15) is 6.33 Å². The van der Waals surface area contributed by atoms with Crippen LogP contribution < -0.4 is 5.32 Å². The van der Waals surface area contributed by atoms with Crippen molar-refractivity contribution >= 4 is 9.84 Å². The lowest BCUT2D eigenvalue weighted by molar-refractivity contribution is 0.199. The van der Waals surface area contributed by atoms with Crippen LogP contribution in [0.15, 0.2) is 6.33 Å². The van der Waals surface area contributed by atoms with Gasteiger partial charge in [0.25, 0.3) is 0 Å². The quantitative estimate of drug-likeness (QED) is 0.636. The lowest BCUT2D eigenvalue weighted by Gasteiger charge is -2.06. The predicted molar refractivity (Wildman–Crippen MR) is 72.5 cm³/mol. The maximum absolute atomic E-state index is 11.7. The van der Waals surface area contributed by atoms with Crippen molar-refractivity contribution in [3.63, 3.8) is 0 Å². The molecule has 0 aliphatic heterocycles. The van der Waals surface area contributed by atoms with Gasteiger partial charge in [-0.25, -0.2) is 13.4 Å². The minimum Gasteiger partial charge on any atom is -0.383 e. The highest BCUT2D eigenvalue weighted by Crippen LogP contribution is 2.01. The molecule has 110 valence electrons. The molecule has 0 aromatic carbocycles. The van der Waals surface area contributed by atoms with Crippen LogP contribution in [0, 0.1) is 0 Å². The van der Waals surface area contributed by atoms with Crippen LogP contribution in [0.5, 0.6) is 0 Å². The molecule has 1 heterocycles. The molecule has 0 spiro atoms. The van der Waals surface area contributed by atoms with Crippen molar-refractivity contribution in [1.82, 2.24) is 20.1 Å². The number of nitrogens with one attached hydrogen (secondary N) is 1. The molecule has 0 aliphatic rings. The van der Waals surface area contributed by atoms with E-state index < -0.39 is 9.84 Å². The molecule has 0 atom stereocenters. The summed E-state index contributed by atoms with van der Waals surface area (Å²) >= 11 is 0. The van der Waals surface area contributed by atoms with E-state index in [0.29, 0.717) is 25.5 Å². The number of hydrogen-bond donors (Lipinski definition) is 1. The van der Waals surface area contributed by atoms with E-state index in [4.69, 9.17) is 4.74 Å². The van der Waals surface area contributed by atoms with Crippen LogP contribution >= 0.6 is 0 Å². The Kier molecular flexibility index (Phi) is 6.40. The van der Waals surface area contributed by atoms with Crippen LogP contribution in [-0.4, -0.2) is 54.4 Å². The lowest BCUT2D eigenvalue weighted by Crippen LogP contribution is -2.22. The van der Waals surface area contributed by atoms with Crippen molar-refractivity contribution in [2.75, 3.05) is 26.0 Å². The van der Waals surface area contributed by atoms with Gasteiger partial charge in [-0.1, -0.05) is 0 Å². The average molecular weight is 290 g/mol. The van der Waals surface area contributed by atoms with Gasteiger partial charge in [0.05, 0.1) is 30.7 Å². The Morgan fingerprint density at radius 3 is 2.84 bits per heavy atom. The van der Waals surface area contributed by atoms with Gasteiger partial charge in [0.2, 0.25) is 0 Å². The number of rotatable bonds is 9. The van der Waals surface area contributed by atoms with Gasteiger partial charge in [-0.05, 0) is 13.8 Å². The van der Waals surface area contributed by atoms with Gasteiger partial charge in [0.15, 0.2) is 15.7 Å². The summed E-state index contributed by atoms with van der Waals surface area (Å²) in [5.74, 6) is 0.739. The van der Waals surface area contributed by atoms with Gasteiger partial charge < -0.3 is 10.1 Å². The minimum atomic E-state index is -3.03. The zero-order valence-electron chi connectivity index (χ0n) is 11.7. The van der Waals surface area contributed by atoms with E-state index in [9.17, 15) is 8.42 Å². The third kappa shape index (κ3) is 5.66. The Bertz CT molecular complexity index is 470. The first-order valence-electron chi connectivity index (χ1n) is 6.25. The van der Waals surface area contributed by atoms with Crippen LogP contribution in [0.1, 0.15) is 19.7 Å². The third-order valence-electron chi connectivity index (χ3n) is 2.67. The Labute approximate surface area is 114 Å². The van der Waals surface area contributed by atoms with E-state index in [0.717, 1.165) is 6.54 Å². The number of methoxy groups -OCH3 is 1. The number of hydrogen-bond acceptors (Lipinski definition) is 6. The summed E-state index contributed by atoms with van der Waals surface area (Å²) in [7, 11) is -1.39. The van der Waals surface area contributed by atoms with E-state index >= 15 is 0 Å². The second-order valence-electron chi connectivity index (χ2n) is 4.51. The maximum Gasteiger partial charge on any atom is 0.164 e. The molecule has 1 aromatic heterocycles. The second kappa shape index (κ2) is 7.56. The first-order valence-corrected chi connectivity index (χ1v) is 7.97. The summed E-state index contributed by atoms with van der Waals surface area (Å²) in [6.45, 7) is 5.61. The highest BCUT2D eigenvalue weighted by Gasteiger charge is 2.16. The number of aromatic nitrogens is 3. The molecule has 1 N–H and O–H groups in total. The zero-order valence-corrected chi connectivity index (χ0v) is 12.5. The molecule has 0 radical (unpaired) electrons. The lowest BCUT2D eigenvalue weighted by atomic mass is 10.5. The van der Waals surface area contributed by atoms with Gasteiger partial charge >= 0.3 is 0 Å². The van der Waals surface area contributed by atoms with E-state index in [2.05, 4.69) is 15.4 Å². The van der Waals surface area contributed by atoms with Gasteiger partial charge in [-0.2, -0.15) is 5.10 Å². The normalized spacial score (nSPS) is 12.2. The second-order valence-corrected chi connectivity index (χ2v) is 7.19. The fourth-order valence-electron chi connectivity index (χ4n) is 1.35. The first-order chi connectivity index (χ1) is 8.95. The average Bonchev–Trinajstić information content (AvgIpc) is 2.80. The molecule has 0 fully saturated rings. The highest BCUT2D eigenvalue weighted by atomic mass is 32.2. The van der Waals surface area contributed by atoms with E-state index in [1.807, 2.05) is 0 Å². The molecule has 0 saturated carbocycles. The Morgan fingerprint density at radius 1 is 1.47 bits per heavy atom. The van der Waals surface area contributed by atoms with E-state index in [-0.39, 0.29) is 11.0 Å². The van der Waals surface area contributed by atoms with Gasteiger partial charge in [-0.3, -0.25) is 4.68 Å². The van der Waals surface area contributed by atoms with Crippen molar-refractivity contribution in [1.29, 1.82) is 0 Å². The minimum absolute atomic E-state index is 0.0879. The summed E-state index contributed by atoms with van der Waals surface area (Å²) in [5.41, 5.74) is 0. The molecule has 0 saturated heterocycles. The molecule has 19 heavy (non-hydrogen) atoms. The molecule has 0 aliphatic carbocycles. The monoisotopic (exact) mass is 290 g/mol. The largest absolute Gasteiger partial charge is 0.383 e. The smallest absolute Gasteiger partial charge is 0.164 e. The van der Waals surface area contributed by atoms with Crippen molar-refractivity contribution < 1.29 is 13.2 Å². The molecule has 0 amide bonds. The van der Waals surface area contributed by atoms with Crippen molar-refractivity contribution in [3.8, 4) is 0 Å². The van der Waals surface area contributed by atoms with E-state index in [1.54, 1.807) is 32.0 Å². The molecular formula is C11H22N4O3S. The fraction of sp³-hybridized carbons (Fsp3) is 0.818. The number of aryl methyl sites for hydroxylation is 1. The standard InChI is InChI=1S/C11H22N4O3S/c1-10(2)19(16,17)7-5-15-9-13-11(14-15)8-12-4-6-18-3/h9-10,12H,4-8H2,1-3H3. The van der Waals surface area contributed by atoms with Gasteiger partial charge in [0, 0.05) is 13.7 Å². The molecule has 0 unspecified atom stereocenters. The van der Waals surface area contributed by atoms with Crippen LogP contribution in [0.25, 0.3) is 0 Å². The first kappa shape index (κ1) is 16.1. The summed E-state index contributed by atoms with van der Waals surface area (Å²) in [4.78, 5) is 4.11. The predicted octanol–water partition coefficient (Wildman–Crippen LogP) is -0.163. The van der Waals surface area contributed by atoms with Crippen LogP contribution in [0.2, 0.25) is 0 Å². The topological polar surface area (TPSA) is 86.1 Å². The highest BCUT2D eigenvalue weighted by molar-refractivity contribution is 7.91. The van der Waals surface area contributed by atoms with Crippen LogP contribution in [0.4, 0.5) is 0 Å². The van der Waals surface area contributed by atoms with E-state index in [1.165, 1.54) is 0 Å².